The van der Waals surface area contributed by atoms with Gasteiger partial charge >= 0.3 is 5.97 Å². The summed E-state index contributed by atoms with van der Waals surface area (Å²) < 4.78 is 5.53. The molecule has 0 bridgehead atoms. The largest absolute Gasteiger partial charge is 0.466 e. The van der Waals surface area contributed by atoms with E-state index >= 15 is 0 Å². The molecular weight excluding hydrogens is 430 g/mol. The minimum atomic E-state index is -0.577. The summed E-state index contributed by atoms with van der Waals surface area (Å²) in [5, 5.41) is 5.44. The first-order valence-corrected chi connectivity index (χ1v) is 11.0. The molecule has 30 heavy (non-hydrogen) atoms. The highest BCUT2D eigenvalue weighted by Crippen LogP contribution is 2.29. The predicted octanol–water partition coefficient (Wildman–Crippen LogP) is 1.46. The van der Waals surface area contributed by atoms with Crippen LogP contribution in [-0.2, 0) is 19.1 Å². The number of nitrogens with one attached hydrogen (secondary N) is 2. The number of thiophene rings is 1. The number of guanidine groups is 1. The van der Waals surface area contributed by atoms with Crippen LogP contribution in [0.15, 0.2) is 17.1 Å². The summed E-state index contributed by atoms with van der Waals surface area (Å²) in [5.74, 6) is -1.27. The van der Waals surface area contributed by atoms with Crippen LogP contribution < -0.4 is 22.1 Å². The van der Waals surface area contributed by atoms with Gasteiger partial charge in [0, 0.05) is 10.8 Å². The molecule has 1 aliphatic rings. The topological polar surface area (TPSA) is 149 Å². The van der Waals surface area contributed by atoms with Gasteiger partial charge in [-0.3, -0.25) is 19.4 Å². The average Bonchev–Trinajstić information content (AvgIpc) is 3.12. The van der Waals surface area contributed by atoms with Gasteiger partial charge in [-0.15, -0.1) is 11.3 Å². The Morgan fingerprint density at radius 3 is 2.73 bits per heavy atom. The minimum Gasteiger partial charge on any atom is -0.466 e. The third-order valence-electron chi connectivity index (χ3n) is 4.72. The van der Waals surface area contributed by atoms with Crippen molar-refractivity contribution in [3.05, 3.63) is 21.3 Å². The van der Waals surface area contributed by atoms with Crippen molar-refractivity contribution in [2.45, 2.75) is 51.1 Å². The van der Waals surface area contributed by atoms with Crippen molar-refractivity contribution < 1.29 is 19.1 Å². The van der Waals surface area contributed by atoms with Crippen molar-refractivity contribution in [3.8, 4) is 0 Å². The fourth-order valence-electron chi connectivity index (χ4n) is 3.41. The molecule has 1 saturated carbocycles. The second kappa shape index (κ2) is 11.8. The van der Waals surface area contributed by atoms with Crippen LogP contribution >= 0.6 is 22.9 Å². The van der Waals surface area contributed by atoms with E-state index in [4.69, 9.17) is 27.8 Å². The molecule has 1 heterocycles. The molecule has 3 atom stereocenters. The third kappa shape index (κ3) is 7.83. The first-order valence-electron chi connectivity index (χ1n) is 9.85. The van der Waals surface area contributed by atoms with Crippen molar-refractivity contribution in [1.29, 1.82) is 0 Å². The van der Waals surface area contributed by atoms with Gasteiger partial charge in [-0.1, -0.05) is 18.0 Å². The van der Waals surface area contributed by atoms with Crippen LogP contribution in [0.2, 0.25) is 4.34 Å². The maximum absolute atomic E-state index is 12.5. The Balaban J connectivity index is 1.89. The highest BCUT2D eigenvalue weighted by molar-refractivity contribution is 7.16. The van der Waals surface area contributed by atoms with Crippen LogP contribution in [0.25, 0.3) is 0 Å². The molecule has 1 aliphatic carbocycles. The molecule has 11 heteroatoms. The van der Waals surface area contributed by atoms with Crippen molar-refractivity contribution in [2.75, 3.05) is 13.2 Å². The molecule has 0 radical (unpaired) electrons. The Morgan fingerprint density at radius 1 is 1.33 bits per heavy atom. The first-order chi connectivity index (χ1) is 14.3. The standard InChI is InChI=1S/C19H28ClN5O4S/c1-2-29-17(27)9-13(14-6-7-15(20)30-14)25-16(26)10-23-18(28)11-4-3-5-12(8-11)24-19(21)22/h6-7,11-13H,2-5,8-10H2,1H3,(H,23,28)(H,25,26)(H4,21,22,24). The second-order valence-electron chi connectivity index (χ2n) is 7.06. The van der Waals surface area contributed by atoms with E-state index in [-0.39, 0.29) is 43.4 Å². The summed E-state index contributed by atoms with van der Waals surface area (Å²) in [6.07, 6.45) is 2.93. The van der Waals surface area contributed by atoms with Gasteiger partial charge in [-0.25, -0.2) is 0 Å². The quantitative estimate of drug-likeness (QED) is 0.250. The van der Waals surface area contributed by atoms with Crippen LogP contribution in [0.4, 0.5) is 0 Å². The number of esters is 1. The van der Waals surface area contributed by atoms with Crippen molar-refractivity contribution in [1.82, 2.24) is 10.6 Å². The lowest BCUT2D eigenvalue weighted by Crippen LogP contribution is -2.42. The lowest BCUT2D eigenvalue weighted by Gasteiger charge is -2.26. The fourth-order valence-corrected chi connectivity index (χ4v) is 4.52. The summed E-state index contributed by atoms with van der Waals surface area (Å²) in [6, 6.07) is 2.79. The zero-order valence-electron chi connectivity index (χ0n) is 16.9. The molecule has 3 unspecified atom stereocenters. The number of rotatable bonds is 9. The van der Waals surface area contributed by atoms with Crippen LogP contribution in [0.5, 0.6) is 0 Å². The Bertz CT molecular complexity index is 781. The molecule has 6 N–H and O–H groups in total. The highest BCUT2D eigenvalue weighted by atomic mass is 35.5. The van der Waals surface area contributed by atoms with E-state index in [2.05, 4.69) is 15.6 Å². The van der Waals surface area contributed by atoms with Gasteiger partial charge in [-0.05, 0) is 38.3 Å². The number of hydrogen-bond acceptors (Lipinski definition) is 6. The summed E-state index contributed by atoms with van der Waals surface area (Å²) in [7, 11) is 0. The number of hydrogen-bond donors (Lipinski definition) is 4. The number of amides is 2. The summed E-state index contributed by atoms with van der Waals surface area (Å²) >= 11 is 7.25. The van der Waals surface area contributed by atoms with E-state index in [0.29, 0.717) is 10.8 Å². The van der Waals surface area contributed by atoms with Crippen molar-refractivity contribution in [3.63, 3.8) is 0 Å². The van der Waals surface area contributed by atoms with Gasteiger partial charge in [0.1, 0.15) is 0 Å². The molecule has 1 aromatic rings. The molecule has 166 valence electrons. The number of carbonyl (C=O) groups excluding carboxylic acids is 3. The molecule has 0 spiro atoms. The zero-order valence-corrected chi connectivity index (χ0v) is 18.4. The fraction of sp³-hybridized carbons (Fsp3) is 0.579. The van der Waals surface area contributed by atoms with Gasteiger partial charge in [-0.2, -0.15) is 0 Å². The number of carbonyl (C=O) groups is 3. The van der Waals surface area contributed by atoms with E-state index in [9.17, 15) is 14.4 Å². The maximum Gasteiger partial charge on any atom is 0.308 e. The number of aliphatic imine (C=N–C) groups is 1. The van der Waals surface area contributed by atoms with Crippen molar-refractivity contribution in [2.24, 2.45) is 22.4 Å². The van der Waals surface area contributed by atoms with Gasteiger partial charge in [0.05, 0.1) is 36.0 Å². The van der Waals surface area contributed by atoms with E-state index in [0.717, 1.165) is 24.1 Å². The van der Waals surface area contributed by atoms with Gasteiger partial charge in [0.25, 0.3) is 0 Å². The summed E-state index contributed by atoms with van der Waals surface area (Å²) in [6.45, 7) is 1.77. The summed E-state index contributed by atoms with van der Waals surface area (Å²) in [5.41, 5.74) is 10.9. The van der Waals surface area contributed by atoms with Crippen LogP contribution in [0.3, 0.4) is 0 Å². The number of nitrogens with zero attached hydrogens (tertiary/aromatic N) is 1. The van der Waals surface area contributed by atoms with Crippen LogP contribution in [0, 0.1) is 5.92 Å². The molecule has 0 aromatic carbocycles. The average molecular weight is 458 g/mol. The maximum atomic E-state index is 12.5. The molecule has 2 amide bonds. The normalized spacial score (nSPS) is 19.4. The second-order valence-corrected chi connectivity index (χ2v) is 8.81. The molecule has 9 nitrogen and oxygen atoms in total. The molecule has 1 fully saturated rings. The van der Waals surface area contributed by atoms with E-state index in [1.54, 1.807) is 19.1 Å². The third-order valence-corrected chi connectivity index (χ3v) is 6.07. The monoisotopic (exact) mass is 457 g/mol. The first kappa shape index (κ1) is 23.9. The number of ether oxygens (including phenoxy) is 1. The lowest BCUT2D eigenvalue weighted by molar-refractivity contribution is -0.144. The molecular formula is C19H28ClN5O4S. The molecule has 0 aliphatic heterocycles. The SMILES string of the molecule is CCOC(=O)CC(NC(=O)CNC(=O)C1CCCC(N=C(N)N)C1)c1ccc(Cl)s1. The van der Waals surface area contributed by atoms with Crippen LogP contribution in [-0.4, -0.2) is 42.9 Å². The zero-order chi connectivity index (χ0) is 22.1. The highest BCUT2D eigenvalue weighted by Gasteiger charge is 2.28. The van der Waals surface area contributed by atoms with Gasteiger partial charge in [0.15, 0.2) is 5.96 Å². The Morgan fingerprint density at radius 2 is 2.10 bits per heavy atom. The lowest BCUT2D eigenvalue weighted by atomic mass is 9.85. The number of halogens is 1. The predicted molar refractivity (Wildman–Crippen MR) is 116 cm³/mol. The Labute approximate surface area is 184 Å². The van der Waals surface area contributed by atoms with Crippen LogP contribution in [0.1, 0.15) is 49.9 Å². The Hall–Kier alpha value is -2.33. The molecule has 2 rings (SSSR count). The van der Waals surface area contributed by atoms with E-state index in [1.807, 2.05) is 0 Å². The minimum absolute atomic E-state index is 0.0155. The van der Waals surface area contributed by atoms with E-state index in [1.165, 1.54) is 11.3 Å². The molecule has 1 aromatic heterocycles. The van der Waals surface area contributed by atoms with Gasteiger partial charge < -0.3 is 26.8 Å². The Kier molecular flexibility index (Phi) is 9.38. The van der Waals surface area contributed by atoms with Gasteiger partial charge in [0.2, 0.25) is 11.8 Å². The summed E-state index contributed by atoms with van der Waals surface area (Å²) in [4.78, 5) is 41.6. The number of nitrogens with two attached hydrogens (primary N) is 2. The molecule has 0 saturated heterocycles. The smallest absolute Gasteiger partial charge is 0.308 e. The van der Waals surface area contributed by atoms with Crippen molar-refractivity contribution >= 4 is 46.7 Å². The van der Waals surface area contributed by atoms with E-state index < -0.39 is 17.9 Å².